The third kappa shape index (κ3) is 2.68. The lowest BCUT2D eigenvalue weighted by molar-refractivity contribution is -0.137. The lowest BCUT2D eigenvalue weighted by Crippen LogP contribution is -2.34. The highest BCUT2D eigenvalue weighted by atomic mass is 19.4. The minimum Gasteiger partial charge on any atom is -0.317 e. The second kappa shape index (κ2) is 5.18. The number of hydrogen-bond acceptors (Lipinski definition) is 2. The molecule has 0 amide bonds. The zero-order valence-corrected chi connectivity index (χ0v) is 11.3. The summed E-state index contributed by atoms with van der Waals surface area (Å²) in [6.07, 6.45) is -1.07. The van der Waals surface area contributed by atoms with Crippen LogP contribution in [0.3, 0.4) is 0 Å². The van der Waals surface area contributed by atoms with Crippen LogP contribution in [0.2, 0.25) is 0 Å². The lowest BCUT2D eigenvalue weighted by Gasteiger charge is -2.25. The molecule has 1 aliphatic rings. The molecule has 2 aromatic rings. The highest BCUT2D eigenvalue weighted by molar-refractivity contribution is 5.82. The fourth-order valence-electron chi connectivity index (χ4n) is 2.81. The van der Waals surface area contributed by atoms with E-state index >= 15 is 0 Å². The lowest BCUT2D eigenvalue weighted by atomic mass is 10.0. The molecule has 6 heteroatoms. The number of piperidine rings is 1. The first-order valence-corrected chi connectivity index (χ1v) is 6.89. The topological polar surface area (TPSA) is 34.0 Å². The van der Waals surface area contributed by atoms with Crippen LogP contribution in [-0.2, 0) is 6.18 Å². The molecule has 0 saturated carbocycles. The quantitative estimate of drug-likeness (QED) is 0.878. The maximum Gasteiger partial charge on any atom is 0.416 e. The number of rotatable bonds is 1. The summed E-state index contributed by atoms with van der Waals surface area (Å²) in [5.41, 5.74) is -0.942. The molecule has 1 saturated heterocycles. The number of nitrogens with zero attached hydrogens (tertiary/aromatic N) is 1. The van der Waals surface area contributed by atoms with Crippen LogP contribution in [0.1, 0.15) is 24.4 Å². The van der Waals surface area contributed by atoms with Gasteiger partial charge in [0.25, 0.3) is 5.56 Å². The fraction of sp³-hybridized carbons (Fsp3) is 0.400. The van der Waals surface area contributed by atoms with E-state index in [9.17, 15) is 18.0 Å². The van der Waals surface area contributed by atoms with Gasteiger partial charge in [-0.3, -0.25) is 4.79 Å². The van der Waals surface area contributed by atoms with E-state index in [2.05, 4.69) is 5.32 Å². The van der Waals surface area contributed by atoms with Crippen LogP contribution in [-0.4, -0.2) is 17.7 Å². The van der Waals surface area contributed by atoms with Crippen molar-refractivity contribution in [2.75, 3.05) is 13.1 Å². The van der Waals surface area contributed by atoms with Gasteiger partial charge in [-0.2, -0.15) is 13.2 Å². The monoisotopic (exact) mass is 296 g/mol. The van der Waals surface area contributed by atoms with Crippen LogP contribution >= 0.6 is 0 Å². The summed E-state index contributed by atoms with van der Waals surface area (Å²) < 4.78 is 39.7. The van der Waals surface area contributed by atoms with E-state index in [0.717, 1.165) is 38.1 Å². The van der Waals surface area contributed by atoms with Crippen molar-refractivity contribution in [2.45, 2.75) is 25.1 Å². The number of benzene rings is 1. The fourth-order valence-corrected chi connectivity index (χ4v) is 2.81. The molecular formula is C15H15F3N2O. The van der Waals surface area contributed by atoms with E-state index < -0.39 is 11.7 Å². The predicted octanol–water partition coefficient (Wildman–Crippen LogP) is 2.94. The van der Waals surface area contributed by atoms with Crippen LogP contribution in [0.15, 0.2) is 35.3 Å². The van der Waals surface area contributed by atoms with E-state index in [0.29, 0.717) is 10.8 Å². The van der Waals surface area contributed by atoms with Gasteiger partial charge in [0.15, 0.2) is 0 Å². The number of fused-ring (bicyclic) bond motifs is 1. The second-order valence-electron chi connectivity index (χ2n) is 5.31. The molecule has 3 nitrogen and oxygen atoms in total. The highest BCUT2D eigenvalue weighted by Gasteiger charge is 2.30. The van der Waals surface area contributed by atoms with Crippen LogP contribution in [0, 0.1) is 0 Å². The molecule has 1 aromatic heterocycles. The van der Waals surface area contributed by atoms with E-state index in [4.69, 9.17) is 0 Å². The van der Waals surface area contributed by atoms with Crippen LogP contribution in [0.5, 0.6) is 0 Å². The Kier molecular flexibility index (Phi) is 3.49. The Morgan fingerprint density at radius 1 is 1.14 bits per heavy atom. The Bertz CT molecular complexity index is 715. The number of halogens is 3. The van der Waals surface area contributed by atoms with Crippen LogP contribution < -0.4 is 10.9 Å². The smallest absolute Gasteiger partial charge is 0.317 e. The van der Waals surface area contributed by atoms with E-state index in [1.54, 1.807) is 16.8 Å². The van der Waals surface area contributed by atoms with E-state index in [1.165, 1.54) is 6.07 Å². The Balaban J connectivity index is 2.07. The molecule has 0 atom stereocenters. The van der Waals surface area contributed by atoms with Gasteiger partial charge in [-0.15, -0.1) is 0 Å². The van der Waals surface area contributed by atoms with E-state index in [-0.39, 0.29) is 11.6 Å². The first-order chi connectivity index (χ1) is 9.97. The van der Waals surface area contributed by atoms with E-state index in [1.807, 2.05) is 0 Å². The summed E-state index contributed by atoms with van der Waals surface area (Å²) in [7, 11) is 0. The summed E-state index contributed by atoms with van der Waals surface area (Å²) in [5.74, 6) is 0. The third-order valence-electron chi connectivity index (χ3n) is 3.96. The van der Waals surface area contributed by atoms with Gasteiger partial charge >= 0.3 is 6.18 Å². The molecular weight excluding hydrogens is 281 g/mol. The summed E-state index contributed by atoms with van der Waals surface area (Å²) >= 11 is 0. The average Bonchev–Trinajstić information content (AvgIpc) is 2.47. The molecule has 0 spiro atoms. The van der Waals surface area contributed by atoms with Crippen molar-refractivity contribution in [3.63, 3.8) is 0 Å². The van der Waals surface area contributed by atoms with Crippen LogP contribution in [0.25, 0.3) is 10.8 Å². The third-order valence-corrected chi connectivity index (χ3v) is 3.96. The van der Waals surface area contributed by atoms with Crippen molar-refractivity contribution in [1.82, 2.24) is 9.88 Å². The van der Waals surface area contributed by atoms with Crippen molar-refractivity contribution in [3.05, 3.63) is 46.4 Å². The molecule has 3 rings (SSSR count). The number of hydrogen-bond donors (Lipinski definition) is 1. The van der Waals surface area contributed by atoms with Gasteiger partial charge in [-0.25, -0.2) is 0 Å². The van der Waals surface area contributed by atoms with Gasteiger partial charge in [0.2, 0.25) is 0 Å². The first kappa shape index (κ1) is 14.1. The Morgan fingerprint density at radius 2 is 1.86 bits per heavy atom. The second-order valence-corrected chi connectivity index (χ2v) is 5.31. The number of alkyl halides is 3. The summed E-state index contributed by atoms with van der Waals surface area (Å²) in [6, 6.07) is 4.98. The molecule has 0 radical (unpaired) electrons. The summed E-state index contributed by atoms with van der Waals surface area (Å²) in [5, 5.41) is 3.90. The average molecular weight is 296 g/mol. The minimum absolute atomic E-state index is 0.116. The SMILES string of the molecule is O=c1c2ccc(C(F)(F)F)cc2ccn1C1CCNCC1. The molecule has 0 aliphatic carbocycles. The molecule has 0 bridgehead atoms. The molecule has 1 fully saturated rings. The molecule has 1 aromatic carbocycles. The zero-order chi connectivity index (χ0) is 15.0. The highest BCUT2D eigenvalue weighted by Crippen LogP contribution is 2.31. The minimum atomic E-state index is -4.39. The van der Waals surface area contributed by atoms with Crippen molar-refractivity contribution < 1.29 is 13.2 Å². The zero-order valence-electron chi connectivity index (χ0n) is 11.3. The van der Waals surface area contributed by atoms with Crippen molar-refractivity contribution in [3.8, 4) is 0 Å². The molecule has 21 heavy (non-hydrogen) atoms. The van der Waals surface area contributed by atoms with Crippen molar-refractivity contribution >= 4 is 10.8 Å². The summed E-state index contributed by atoms with van der Waals surface area (Å²) in [6.45, 7) is 1.70. The Morgan fingerprint density at radius 3 is 2.52 bits per heavy atom. The standard InChI is InChI=1S/C15H15F3N2O/c16-15(17,18)11-1-2-13-10(9-11)5-8-20(14(13)21)12-3-6-19-7-4-12/h1-2,5,8-9,12,19H,3-4,6-7H2. The van der Waals surface area contributed by atoms with Gasteiger partial charge in [-0.05, 0) is 55.6 Å². The van der Waals surface area contributed by atoms with Gasteiger partial charge in [0, 0.05) is 17.6 Å². The first-order valence-electron chi connectivity index (χ1n) is 6.89. The van der Waals surface area contributed by atoms with Gasteiger partial charge < -0.3 is 9.88 Å². The predicted molar refractivity (Wildman–Crippen MR) is 74.4 cm³/mol. The maximum absolute atomic E-state index is 12.7. The van der Waals surface area contributed by atoms with Gasteiger partial charge in [0.1, 0.15) is 0 Å². The number of aromatic nitrogens is 1. The molecule has 1 aliphatic heterocycles. The largest absolute Gasteiger partial charge is 0.416 e. The number of pyridine rings is 1. The van der Waals surface area contributed by atoms with Crippen LogP contribution in [0.4, 0.5) is 13.2 Å². The molecule has 1 N–H and O–H groups in total. The molecule has 112 valence electrons. The normalized spacial score (nSPS) is 17.3. The van der Waals surface area contributed by atoms with Crippen molar-refractivity contribution in [2.24, 2.45) is 0 Å². The maximum atomic E-state index is 12.7. The Labute approximate surface area is 119 Å². The number of nitrogens with one attached hydrogen (secondary N) is 1. The molecule has 2 heterocycles. The van der Waals surface area contributed by atoms with Gasteiger partial charge in [-0.1, -0.05) is 0 Å². The van der Waals surface area contributed by atoms with Gasteiger partial charge in [0.05, 0.1) is 5.56 Å². The summed E-state index contributed by atoms with van der Waals surface area (Å²) in [4.78, 5) is 12.4. The molecule has 0 unspecified atom stereocenters. The van der Waals surface area contributed by atoms with Crippen molar-refractivity contribution in [1.29, 1.82) is 0 Å². The Hall–Kier alpha value is -1.82.